The van der Waals surface area contributed by atoms with Crippen molar-refractivity contribution in [1.82, 2.24) is 19.5 Å². The maximum absolute atomic E-state index is 11.0. The van der Waals surface area contributed by atoms with E-state index in [0.717, 1.165) is 5.76 Å². The van der Waals surface area contributed by atoms with Crippen LogP contribution in [0.1, 0.15) is 12.0 Å². The summed E-state index contributed by atoms with van der Waals surface area (Å²) in [5, 5.41) is 25.4. The normalized spacial score (nSPS) is 24.5. The molecule has 162 valence electrons. The highest BCUT2D eigenvalue weighted by atomic mass is 32.2. The van der Waals surface area contributed by atoms with E-state index in [-0.39, 0.29) is 0 Å². The largest absolute Gasteiger partial charge is 0.467 e. The number of nitrogens with two attached hydrogens (primary N) is 1. The fourth-order valence-electron chi connectivity index (χ4n) is 3.27. The fourth-order valence-corrected chi connectivity index (χ4v) is 3.60. The van der Waals surface area contributed by atoms with Gasteiger partial charge in [-0.3, -0.25) is 8.75 Å². The molecule has 0 unspecified atom stereocenters. The van der Waals surface area contributed by atoms with Gasteiger partial charge < -0.3 is 24.3 Å². The van der Waals surface area contributed by atoms with E-state index in [1.165, 1.54) is 17.2 Å². The number of hydrogen-bond acceptors (Lipinski definition) is 11. The minimum atomic E-state index is -4.22. The van der Waals surface area contributed by atoms with E-state index in [1.807, 2.05) is 18.0 Å². The maximum atomic E-state index is 11.0. The van der Waals surface area contributed by atoms with Gasteiger partial charge in [0, 0.05) is 7.05 Å². The van der Waals surface area contributed by atoms with Crippen LogP contribution >= 0.6 is 0 Å². The zero-order valence-electron chi connectivity index (χ0n) is 15.8. The highest BCUT2D eigenvalue weighted by Gasteiger charge is 2.45. The number of imidazole rings is 1. The molecule has 30 heavy (non-hydrogen) atoms. The topological polar surface area (TPSA) is 179 Å². The van der Waals surface area contributed by atoms with Gasteiger partial charge in [0.2, 0.25) is 0 Å². The zero-order valence-corrected chi connectivity index (χ0v) is 16.6. The van der Waals surface area contributed by atoms with E-state index in [2.05, 4.69) is 19.1 Å². The summed E-state index contributed by atoms with van der Waals surface area (Å²) < 4.78 is 38.8. The van der Waals surface area contributed by atoms with Crippen molar-refractivity contribution in [2.75, 3.05) is 18.6 Å². The van der Waals surface area contributed by atoms with Gasteiger partial charge in [0.15, 0.2) is 23.2 Å². The lowest BCUT2D eigenvalue weighted by Crippen LogP contribution is -2.35. The van der Waals surface area contributed by atoms with Crippen LogP contribution in [0.5, 0.6) is 0 Å². The minimum absolute atomic E-state index is 0.357. The van der Waals surface area contributed by atoms with Crippen LogP contribution in [-0.4, -0.2) is 70.1 Å². The van der Waals surface area contributed by atoms with Crippen LogP contribution in [0.4, 0.5) is 5.82 Å². The summed E-state index contributed by atoms with van der Waals surface area (Å²) in [4.78, 5) is 14.6. The molecule has 1 aliphatic rings. The zero-order chi connectivity index (χ0) is 21.5. The predicted molar refractivity (Wildman–Crippen MR) is 101 cm³/mol. The Morgan fingerprint density at radius 1 is 1.30 bits per heavy atom. The molecule has 1 aliphatic heterocycles. The summed E-state index contributed by atoms with van der Waals surface area (Å²) >= 11 is 0. The average molecular weight is 440 g/mol. The minimum Gasteiger partial charge on any atom is -0.467 e. The van der Waals surface area contributed by atoms with Crippen molar-refractivity contribution in [3.63, 3.8) is 0 Å². The second kappa shape index (κ2) is 7.90. The Bertz CT molecular complexity index is 1120. The molecule has 0 amide bonds. The number of aromatic nitrogens is 4. The molecule has 14 heteroatoms. The number of nitrogens with zero attached hydrogens (tertiary/aromatic N) is 5. The molecule has 0 aliphatic carbocycles. The van der Waals surface area contributed by atoms with E-state index in [1.54, 1.807) is 12.3 Å². The van der Waals surface area contributed by atoms with Gasteiger partial charge in [-0.2, -0.15) is 8.42 Å². The first-order valence-corrected chi connectivity index (χ1v) is 10.3. The van der Waals surface area contributed by atoms with Gasteiger partial charge in [0.05, 0.1) is 25.7 Å². The number of furan rings is 1. The fraction of sp³-hybridized carbons (Fsp3) is 0.438. The maximum Gasteiger partial charge on any atom is 0.333 e. The van der Waals surface area contributed by atoms with Crippen molar-refractivity contribution < 1.29 is 32.0 Å². The van der Waals surface area contributed by atoms with E-state index >= 15 is 0 Å². The summed E-state index contributed by atoms with van der Waals surface area (Å²) in [6.45, 7) is -0.105. The lowest BCUT2D eigenvalue weighted by Gasteiger charge is -2.18. The molecule has 4 heterocycles. The third kappa shape index (κ3) is 4.00. The molecule has 0 spiro atoms. The summed E-state index contributed by atoms with van der Waals surface area (Å²) in [7, 11) is -2.41. The Hall–Kier alpha value is -2.62. The quantitative estimate of drug-likeness (QED) is 0.406. The van der Waals surface area contributed by atoms with E-state index in [4.69, 9.17) is 14.3 Å². The molecule has 13 nitrogen and oxygen atoms in total. The van der Waals surface area contributed by atoms with Gasteiger partial charge in [0.25, 0.3) is 0 Å². The number of aliphatic hydroxyl groups is 2. The van der Waals surface area contributed by atoms with Gasteiger partial charge >= 0.3 is 10.3 Å². The van der Waals surface area contributed by atoms with Gasteiger partial charge in [-0.05, 0) is 12.1 Å². The third-order valence-corrected chi connectivity index (χ3v) is 5.15. The Balaban J connectivity index is 1.59. The third-order valence-electron chi connectivity index (χ3n) is 4.68. The summed E-state index contributed by atoms with van der Waals surface area (Å²) in [5.74, 6) is 1.26. The molecular formula is C16H20N6O7S. The molecule has 4 rings (SSSR count). The van der Waals surface area contributed by atoms with Gasteiger partial charge in [-0.25, -0.2) is 20.1 Å². The number of rotatable bonds is 7. The lowest BCUT2D eigenvalue weighted by atomic mass is 10.1. The molecule has 0 bridgehead atoms. The number of hydrogen-bond donors (Lipinski definition) is 3. The first-order chi connectivity index (χ1) is 14.2. The number of anilines is 1. The Morgan fingerprint density at radius 3 is 2.80 bits per heavy atom. The van der Waals surface area contributed by atoms with Crippen molar-refractivity contribution >= 4 is 27.3 Å². The number of fused-ring (bicyclic) bond motifs is 1. The monoisotopic (exact) mass is 440 g/mol. The molecule has 1 saturated heterocycles. The standard InChI is InChI=1S/C16H20N6O7S/c1-21(5-9-3-2-4-27-9)14-11-15(19-7-18-14)22(8-20-11)16-13(24)12(23)10(29-16)6-28-30(17,25)26/h2-4,7-8,10,12-13,16,23-24H,5-6H2,1H3,(H2,17,25,26)/t10-,12-,13-,16-/m1/s1. The summed E-state index contributed by atoms with van der Waals surface area (Å²) in [5.41, 5.74) is 0.802. The van der Waals surface area contributed by atoms with Crippen LogP contribution < -0.4 is 10.0 Å². The molecule has 1 fully saturated rings. The second-order valence-electron chi connectivity index (χ2n) is 6.78. The molecule has 0 saturated carbocycles. The van der Waals surface area contributed by atoms with Gasteiger partial charge in [-0.1, -0.05) is 0 Å². The van der Waals surface area contributed by atoms with Crippen LogP contribution in [0.2, 0.25) is 0 Å². The molecule has 3 aromatic heterocycles. The molecule has 3 aromatic rings. The van der Waals surface area contributed by atoms with Crippen LogP contribution in [0.3, 0.4) is 0 Å². The van der Waals surface area contributed by atoms with E-state index in [0.29, 0.717) is 23.5 Å². The Kier molecular flexibility index (Phi) is 5.44. The lowest BCUT2D eigenvalue weighted by molar-refractivity contribution is -0.0467. The molecule has 4 atom stereocenters. The van der Waals surface area contributed by atoms with E-state index in [9.17, 15) is 18.6 Å². The first kappa shape index (κ1) is 20.6. The van der Waals surface area contributed by atoms with Crippen LogP contribution in [0, 0.1) is 0 Å². The molecular weight excluding hydrogens is 420 g/mol. The molecule has 0 aromatic carbocycles. The van der Waals surface area contributed by atoms with Crippen molar-refractivity contribution in [2.24, 2.45) is 5.14 Å². The number of ether oxygens (including phenoxy) is 1. The van der Waals surface area contributed by atoms with Crippen molar-refractivity contribution in [1.29, 1.82) is 0 Å². The first-order valence-electron chi connectivity index (χ1n) is 8.84. The molecule has 4 N–H and O–H groups in total. The Labute approximate surface area is 170 Å². The van der Waals surface area contributed by atoms with Crippen LogP contribution in [0.25, 0.3) is 11.2 Å². The van der Waals surface area contributed by atoms with Crippen molar-refractivity contribution in [3.8, 4) is 0 Å². The smallest absolute Gasteiger partial charge is 0.333 e. The van der Waals surface area contributed by atoms with Crippen LogP contribution in [0.15, 0.2) is 35.5 Å². The van der Waals surface area contributed by atoms with Crippen molar-refractivity contribution in [3.05, 3.63) is 36.8 Å². The highest BCUT2D eigenvalue weighted by Crippen LogP contribution is 2.33. The van der Waals surface area contributed by atoms with Gasteiger partial charge in [0.1, 0.15) is 30.4 Å². The van der Waals surface area contributed by atoms with Gasteiger partial charge in [-0.15, -0.1) is 0 Å². The summed E-state index contributed by atoms with van der Waals surface area (Å²) in [6, 6.07) is 3.62. The highest BCUT2D eigenvalue weighted by molar-refractivity contribution is 7.84. The average Bonchev–Trinajstić information content (AvgIpc) is 3.41. The SMILES string of the molecule is CN(Cc1ccco1)c1ncnc2c1ncn2[C@@H]1O[C@H](COS(N)(=O)=O)[C@@H](O)[C@H]1O. The summed E-state index contributed by atoms with van der Waals surface area (Å²) in [6.07, 6.45) is -0.664. The predicted octanol–water partition coefficient (Wildman–Crippen LogP) is -1.10. The number of aliphatic hydroxyl groups excluding tert-OH is 2. The van der Waals surface area contributed by atoms with Crippen LogP contribution in [-0.2, 0) is 25.8 Å². The van der Waals surface area contributed by atoms with Crippen molar-refractivity contribution in [2.45, 2.75) is 31.1 Å². The Morgan fingerprint density at radius 2 is 2.10 bits per heavy atom. The second-order valence-corrected chi connectivity index (χ2v) is 8.00. The molecule has 0 radical (unpaired) electrons. The van der Waals surface area contributed by atoms with E-state index < -0.39 is 41.5 Å².